The van der Waals surface area contributed by atoms with Gasteiger partial charge in [-0.05, 0) is 35.2 Å². The summed E-state index contributed by atoms with van der Waals surface area (Å²) in [5.74, 6) is 6.04. The second kappa shape index (κ2) is 7.98. The lowest BCUT2D eigenvalue weighted by Gasteiger charge is -2.23. The van der Waals surface area contributed by atoms with Crippen LogP contribution in [-0.4, -0.2) is 4.92 Å². The van der Waals surface area contributed by atoms with Gasteiger partial charge in [-0.2, -0.15) is 0 Å². The molecule has 0 spiro atoms. The van der Waals surface area contributed by atoms with E-state index >= 15 is 0 Å². The van der Waals surface area contributed by atoms with E-state index in [1.54, 1.807) is 18.2 Å². The van der Waals surface area contributed by atoms with Gasteiger partial charge in [-0.1, -0.05) is 75.1 Å². The molecule has 3 aromatic rings. The number of nitrogens with zero attached hydrogens (tertiary/aromatic N) is 1. The Labute approximate surface area is 165 Å². The van der Waals surface area contributed by atoms with E-state index < -0.39 is 4.92 Å². The zero-order valence-electron chi connectivity index (χ0n) is 16.2. The molecule has 0 bridgehead atoms. The van der Waals surface area contributed by atoms with E-state index in [4.69, 9.17) is 0 Å². The first-order valence-corrected chi connectivity index (χ1v) is 9.07. The first kappa shape index (κ1) is 19.2. The van der Waals surface area contributed by atoms with Gasteiger partial charge in [0.1, 0.15) is 5.56 Å². The van der Waals surface area contributed by atoms with E-state index in [1.807, 2.05) is 42.5 Å². The average molecular weight is 370 g/mol. The molecule has 3 aromatic carbocycles. The number of hydrogen-bond donors (Lipinski definition) is 1. The number of para-hydroxylation sites is 3. The first-order chi connectivity index (χ1) is 13.4. The average Bonchev–Trinajstić information content (AvgIpc) is 2.67. The molecule has 4 heteroatoms. The normalized spacial score (nSPS) is 10.7. The lowest BCUT2D eigenvalue weighted by molar-refractivity contribution is -0.385. The zero-order chi connectivity index (χ0) is 20.1. The maximum Gasteiger partial charge on any atom is 0.284 e. The van der Waals surface area contributed by atoms with Crippen molar-refractivity contribution in [3.8, 4) is 11.8 Å². The smallest absolute Gasteiger partial charge is 0.284 e. The fourth-order valence-electron chi connectivity index (χ4n) is 2.97. The standard InChI is InChI=1S/C24H22N2O2/c1-24(2,3)20-12-6-8-14-22(20)25-21-13-7-4-10-18(21)16-17-19-11-5-9-15-23(19)26(27)28/h4-15,25H,1-3H3. The summed E-state index contributed by atoms with van der Waals surface area (Å²) in [6.45, 7) is 6.52. The number of benzene rings is 3. The minimum atomic E-state index is -0.409. The summed E-state index contributed by atoms with van der Waals surface area (Å²) in [5, 5.41) is 14.7. The lowest BCUT2D eigenvalue weighted by Crippen LogP contribution is -2.13. The highest BCUT2D eigenvalue weighted by Crippen LogP contribution is 2.32. The molecule has 0 atom stereocenters. The van der Waals surface area contributed by atoms with Crippen LogP contribution in [0.25, 0.3) is 0 Å². The van der Waals surface area contributed by atoms with E-state index in [9.17, 15) is 10.1 Å². The third-order valence-corrected chi connectivity index (χ3v) is 4.36. The van der Waals surface area contributed by atoms with E-state index in [0.29, 0.717) is 5.56 Å². The van der Waals surface area contributed by atoms with E-state index in [2.05, 4.69) is 44.0 Å². The fourth-order valence-corrected chi connectivity index (χ4v) is 2.97. The van der Waals surface area contributed by atoms with E-state index in [1.165, 1.54) is 11.6 Å². The van der Waals surface area contributed by atoms with Gasteiger partial charge in [0.25, 0.3) is 5.69 Å². The monoisotopic (exact) mass is 370 g/mol. The quantitative estimate of drug-likeness (QED) is 0.348. The Morgan fingerprint density at radius 1 is 0.786 bits per heavy atom. The molecule has 0 aliphatic carbocycles. The Morgan fingerprint density at radius 3 is 2.00 bits per heavy atom. The van der Waals surface area contributed by atoms with Gasteiger partial charge in [0.2, 0.25) is 0 Å². The molecule has 0 fully saturated rings. The summed E-state index contributed by atoms with van der Waals surface area (Å²) >= 11 is 0. The molecule has 4 nitrogen and oxygen atoms in total. The molecule has 140 valence electrons. The van der Waals surface area contributed by atoms with Crippen LogP contribution in [0, 0.1) is 22.0 Å². The number of nitro benzene ring substituents is 1. The van der Waals surface area contributed by atoms with Crippen LogP contribution < -0.4 is 5.32 Å². The minimum Gasteiger partial charge on any atom is -0.354 e. The number of nitrogens with one attached hydrogen (secondary N) is 1. The highest BCUT2D eigenvalue weighted by Gasteiger charge is 2.17. The van der Waals surface area contributed by atoms with Gasteiger partial charge in [-0.25, -0.2) is 0 Å². The van der Waals surface area contributed by atoms with Crippen molar-refractivity contribution in [2.75, 3.05) is 5.32 Å². The summed E-state index contributed by atoms with van der Waals surface area (Å²) in [6.07, 6.45) is 0. The molecule has 0 amide bonds. The topological polar surface area (TPSA) is 55.2 Å². The highest BCUT2D eigenvalue weighted by molar-refractivity contribution is 5.70. The summed E-state index contributed by atoms with van der Waals surface area (Å²) in [6, 6.07) is 22.4. The maximum atomic E-state index is 11.2. The SMILES string of the molecule is CC(C)(C)c1ccccc1Nc1ccccc1C#Cc1ccccc1[N+](=O)[O-]. The molecular formula is C24H22N2O2. The molecule has 1 N–H and O–H groups in total. The van der Waals surface area contributed by atoms with E-state index in [0.717, 1.165) is 16.9 Å². The van der Waals surface area contributed by atoms with Crippen LogP contribution in [-0.2, 0) is 5.41 Å². The molecule has 0 saturated heterocycles. The molecule has 0 aliphatic heterocycles. The summed E-state index contributed by atoms with van der Waals surface area (Å²) in [7, 11) is 0. The summed E-state index contributed by atoms with van der Waals surface area (Å²) in [4.78, 5) is 10.8. The largest absolute Gasteiger partial charge is 0.354 e. The molecule has 3 rings (SSSR count). The molecule has 28 heavy (non-hydrogen) atoms. The zero-order valence-corrected chi connectivity index (χ0v) is 16.2. The summed E-state index contributed by atoms with van der Waals surface area (Å²) < 4.78 is 0. The maximum absolute atomic E-state index is 11.2. The van der Waals surface area contributed by atoms with Crippen molar-refractivity contribution in [3.63, 3.8) is 0 Å². The second-order valence-corrected chi connectivity index (χ2v) is 7.49. The highest BCUT2D eigenvalue weighted by atomic mass is 16.6. The molecule has 0 radical (unpaired) electrons. The van der Waals surface area contributed by atoms with Crippen molar-refractivity contribution in [1.82, 2.24) is 0 Å². The molecule has 0 aromatic heterocycles. The van der Waals surface area contributed by atoms with Gasteiger partial charge in [0, 0.05) is 17.3 Å². The first-order valence-electron chi connectivity index (χ1n) is 9.07. The number of rotatable bonds is 3. The van der Waals surface area contributed by atoms with Crippen LogP contribution in [0.1, 0.15) is 37.5 Å². The Morgan fingerprint density at radius 2 is 1.32 bits per heavy atom. The van der Waals surface area contributed by atoms with Crippen molar-refractivity contribution >= 4 is 17.1 Å². The Hall–Kier alpha value is -3.58. The fraction of sp³-hybridized carbons (Fsp3) is 0.167. The van der Waals surface area contributed by atoms with Crippen LogP contribution >= 0.6 is 0 Å². The van der Waals surface area contributed by atoms with E-state index in [-0.39, 0.29) is 11.1 Å². The lowest BCUT2D eigenvalue weighted by atomic mass is 9.85. The second-order valence-electron chi connectivity index (χ2n) is 7.49. The number of anilines is 2. The van der Waals surface area contributed by atoms with Crippen molar-refractivity contribution in [2.24, 2.45) is 0 Å². The minimum absolute atomic E-state index is 0.00509. The van der Waals surface area contributed by atoms with Crippen LogP contribution in [0.2, 0.25) is 0 Å². The molecule has 0 unspecified atom stereocenters. The van der Waals surface area contributed by atoms with Gasteiger partial charge in [-0.15, -0.1) is 0 Å². The Bertz CT molecular complexity index is 1070. The van der Waals surface area contributed by atoms with Gasteiger partial charge in [0.15, 0.2) is 0 Å². The number of nitro groups is 1. The van der Waals surface area contributed by atoms with Crippen molar-refractivity contribution in [1.29, 1.82) is 0 Å². The number of hydrogen-bond acceptors (Lipinski definition) is 3. The Balaban J connectivity index is 1.99. The van der Waals surface area contributed by atoms with Gasteiger partial charge in [0.05, 0.1) is 10.6 Å². The molecule has 0 saturated carbocycles. The summed E-state index contributed by atoms with van der Waals surface area (Å²) in [5.41, 5.74) is 4.28. The van der Waals surface area contributed by atoms with Crippen LogP contribution in [0.15, 0.2) is 72.8 Å². The van der Waals surface area contributed by atoms with Gasteiger partial charge >= 0.3 is 0 Å². The predicted molar refractivity (Wildman–Crippen MR) is 114 cm³/mol. The third-order valence-electron chi connectivity index (χ3n) is 4.36. The van der Waals surface area contributed by atoms with Gasteiger partial charge in [-0.3, -0.25) is 10.1 Å². The third kappa shape index (κ3) is 4.39. The van der Waals surface area contributed by atoms with Crippen molar-refractivity contribution in [2.45, 2.75) is 26.2 Å². The van der Waals surface area contributed by atoms with Crippen LogP contribution in [0.5, 0.6) is 0 Å². The van der Waals surface area contributed by atoms with Crippen molar-refractivity contribution in [3.05, 3.63) is 99.6 Å². The van der Waals surface area contributed by atoms with Crippen LogP contribution in [0.4, 0.5) is 17.1 Å². The Kier molecular flexibility index (Phi) is 5.47. The van der Waals surface area contributed by atoms with Crippen molar-refractivity contribution < 1.29 is 4.92 Å². The molecule has 0 aliphatic rings. The molecular weight excluding hydrogens is 348 g/mol. The van der Waals surface area contributed by atoms with Crippen LogP contribution in [0.3, 0.4) is 0 Å². The van der Waals surface area contributed by atoms with Gasteiger partial charge < -0.3 is 5.32 Å². The predicted octanol–water partition coefficient (Wildman–Crippen LogP) is 6.04. The molecule has 0 heterocycles.